The van der Waals surface area contributed by atoms with Gasteiger partial charge < -0.3 is 15.4 Å². The minimum absolute atomic E-state index is 0. The maximum absolute atomic E-state index is 12.5. The molecule has 0 amide bonds. The van der Waals surface area contributed by atoms with Crippen molar-refractivity contribution in [2.24, 2.45) is 4.99 Å². The molecule has 2 N–H and O–H groups in total. The molecule has 1 atom stereocenters. The first kappa shape index (κ1) is 21.0. The second-order valence-corrected chi connectivity index (χ2v) is 5.88. The Labute approximate surface area is 157 Å². The highest BCUT2D eigenvalue weighted by atomic mass is 127. The van der Waals surface area contributed by atoms with Crippen LogP contribution in [0, 0.1) is 0 Å². The summed E-state index contributed by atoms with van der Waals surface area (Å²) >= 11 is 0. The molecule has 2 rings (SSSR count). The number of ether oxygens (including phenoxy) is 1. The van der Waals surface area contributed by atoms with Crippen LogP contribution in [-0.4, -0.2) is 31.8 Å². The highest BCUT2D eigenvalue weighted by Crippen LogP contribution is 2.29. The van der Waals surface area contributed by atoms with Gasteiger partial charge in [0.1, 0.15) is 0 Å². The minimum atomic E-state index is -4.31. The Kier molecular flexibility index (Phi) is 7.78. The third-order valence-electron chi connectivity index (χ3n) is 3.90. The normalized spacial score (nSPS) is 21.3. The predicted molar refractivity (Wildman–Crippen MR) is 98.7 cm³/mol. The van der Waals surface area contributed by atoms with Crippen molar-refractivity contribution in [1.29, 1.82) is 0 Å². The minimum Gasteiger partial charge on any atom is -0.373 e. The molecule has 0 radical (unpaired) electrons. The number of alkyl halides is 3. The van der Waals surface area contributed by atoms with Gasteiger partial charge in [-0.05, 0) is 37.5 Å². The maximum Gasteiger partial charge on any atom is 0.416 e. The van der Waals surface area contributed by atoms with Crippen LogP contribution in [0.5, 0.6) is 0 Å². The van der Waals surface area contributed by atoms with E-state index >= 15 is 0 Å². The van der Waals surface area contributed by atoms with Crippen LogP contribution in [0.15, 0.2) is 29.3 Å². The van der Waals surface area contributed by atoms with Gasteiger partial charge in [-0.2, -0.15) is 13.2 Å². The molecule has 0 bridgehead atoms. The predicted octanol–water partition coefficient (Wildman–Crippen LogP) is 3.56. The summed E-state index contributed by atoms with van der Waals surface area (Å²) in [5.74, 6) is 0.599. The number of hydrogen-bond acceptors (Lipinski definition) is 2. The zero-order valence-electron chi connectivity index (χ0n) is 13.7. The smallest absolute Gasteiger partial charge is 0.373 e. The number of rotatable bonds is 4. The third kappa shape index (κ3) is 6.12. The van der Waals surface area contributed by atoms with E-state index in [0.29, 0.717) is 19.0 Å². The fourth-order valence-corrected chi connectivity index (χ4v) is 2.46. The molecular weight excluding hydrogens is 434 g/mol. The van der Waals surface area contributed by atoms with Crippen molar-refractivity contribution < 1.29 is 17.9 Å². The van der Waals surface area contributed by atoms with Gasteiger partial charge in [-0.1, -0.05) is 12.1 Å². The van der Waals surface area contributed by atoms with Crippen molar-refractivity contribution in [3.05, 3.63) is 35.4 Å². The zero-order chi connectivity index (χ0) is 16.9. The molecule has 24 heavy (non-hydrogen) atoms. The molecule has 0 aromatic heterocycles. The van der Waals surface area contributed by atoms with E-state index in [1.165, 1.54) is 12.1 Å². The van der Waals surface area contributed by atoms with Gasteiger partial charge in [-0.25, -0.2) is 0 Å². The molecule has 1 saturated heterocycles. The van der Waals surface area contributed by atoms with Gasteiger partial charge in [0.15, 0.2) is 5.96 Å². The van der Waals surface area contributed by atoms with Crippen LogP contribution in [-0.2, 0) is 17.5 Å². The third-order valence-corrected chi connectivity index (χ3v) is 3.90. The lowest BCUT2D eigenvalue weighted by atomic mass is 10.0. The Morgan fingerprint density at radius 3 is 2.42 bits per heavy atom. The molecule has 8 heteroatoms. The van der Waals surface area contributed by atoms with E-state index in [2.05, 4.69) is 22.5 Å². The van der Waals surface area contributed by atoms with Crippen LogP contribution < -0.4 is 10.6 Å². The number of benzene rings is 1. The lowest BCUT2D eigenvalue weighted by Crippen LogP contribution is -2.45. The molecule has 0 aliphatic carbocycles. The first-order chi connectivity index (χ1) is 10.8. The quantitative estimate of drug-likeness (QED) is 0.413. The van der Waals surface area contributed by atoms with E-state index in [-0.39, 0.29) is 29.6 Å². The number of hydrogen-bond donors (Lipinski definition) is 2. The number of halogens is 4. The van der Waals surface area contributed by atoms with Crippen LogP contribution in [0.4, 0.5) is 13.2 Å². The average Bonchev–Trinajstić information content (AvgIpc) is 2.94. The lowest BCUT2D eigenvalue weighted by molar-refractivity contribution is -0.137. The Hall–Kier alpha value is -1.03. The van der Waals surface area contributed by atoms with Crippen LogP contribution >= 0.6 is 24.0 Å². The lowest BCUT2D eigenvalue weighted by Gasteiger charge is -2.24. The molecule has 1 heterocycles. The monoisotopic (exact) mass is 457 g/mol. The highest BCUT2D eigenvalue weighted by molar-refractivity contribution is 14.0. The fourth-order valence-electron chi connectivity index (χ4n) is 2.46. The Bertz CT molecular complexity index is 540. The van der Waals surface area contributed by atoms with Crippen molar-refractivity contribution >= 4 is 29.9 Å². The molecular formula is C16H23F3IN3O. The van der Waals surface area contributed by atoms with E-state index in [0.717, 1.165) is 37.1 Å². The van der Waals surface area contributed by atoms with E-state index in [1.54, 1.807) is 7.05 Å². The van der Waals surface area contributed by atoms with Gasteiger partial charge in [0, 0.05) is 26.7 Å². The van der Waals surface area contributed by atoms with Gasteiger partial charge in [0.2, 0.25) is 0 Å². The van der Waals surface area contributed by atoms with Crippen LogP contribution in [0.1, 0.15) is 30.9 Å². The second-order valence-electron chi connectivity index (χ2n) is 5.88. The van der Waals surface area contributed by atoms with Crippen molar-refractivity contribution in [1.82, 2.24) is 10.6 Å². The van der Waals surface area contributed by atoms with E-state index < -0.39 is 11.7 Å². The van der Waals surface area contributed by atoms with Crippen LogP contribution in [0.2, 0.25) is 0 Å². The summed E-state index contributed by atoms with van der Waals surface area (Å²) in [7, 11) is 1.65. The number of aliphatic imine (C=N–C) groups is 1. The Balaban J connectivity index is 0.00000288. The maximum atomic E-state index is 12.5. The zero-order valence-corrected chi connectivity index (χ0v) is 16.1. The van der Waals surface area contributed by atoms with Crippen molar-refractivity contribution in [3.63, 3.8) is 0 Å². The first-order valence-electron chi connectivity index (χ1n) is 7.57. The topological polar surface area (TPSA) is 45.7 Å². The van der Waals surface area contributed by atoms with Gasteiger partial charge in [0.25, 0.3) is 0 Å². The van der Waals surface area contributed by atoms with E-state index in [1.807, 2.05) is 0 Å². The summed E-state index contributed by atoms with van der Waals surface area (Å²) in [4.78, 5) is 4.11. The molecule has 4 nitrogen and oxygen atoms in total. The summed E-state index contributed by atoms with van der Waals surface area (Å²) in [5, 5.41) is 6.28. The first-order valence-corrected chi connectivity index (χ1v) is 7.57. The molecule has 0 spiro atoms. The van der Waals surface area contributed by atoms with Crippen molar-refractivity contribution in [2.45, 2.75) is 38.1 Å². The second kappa shape index (κ2) is 8.89. The standard InChI is InChI=1S/C16H22F3N3O.HI/c1-15(8-3-9-23-15)11-22-14(20-2)21-10-12-4-6-13(7-5-12)16(17,18)19;/h4-7H,3,8-11H2,1-2H3,(H2,20,21,22);1H. The highest BCUT2D eigenvalue weighted by Gasteiger charge is 2.30. The molecule has 1 fully saturated rings. The molecule has 1 aromatic carbocycles. The molecule has 1 aliphatic rings. The van der Waals surface area contributed by atoms with Gasteiger partial charge >= 0.3 is 6.18 Å². The molecule has 1 unspecified atom stereocenters. The van der Waals surface area contributed by atoms with Crippen LogP contribution in [0.25, 0.3) is 0 Å². The van der Waals surface area contributed by atoms with Crippen LogP contribution in [0.3, 0.4) is 0 Å². The molecule has 136 valence electrons. The summed E-state index contributed by atoms with van der Waals surface area (Å²) < 4.78 is 43.2. The molecule has 1 aromatic rings. The number of nitrogens with zero attached hydrogens (tertiary/aromatic N) is 1. The molecule has 1 aliphatic heterocycles. The van der Waals surface area contributed by atoms with Gasteiger partial charge in [-0.3, -0.25) is 4.99 Å². The summed E-state index contributed by atoms with van der Waals surface area (Å²) in [6.07, 6.45) is -2.26. The Morgan fingerprint density at radius 2 is 1.92 bits per heavy atom. The summed E-state index contributed by atoms with van der Waals surface area (Å²) in [6, 6.07) is 5.09. The summed E-state index contributed by atoms with van der Waals surface area (Å²) in [5.41, 5.74) is -0.0780. The SMILES string of the molecule is CN=C(NCc1ccc(C(F)(F)F)cc1)NCC1(C)CCCO1.I. The fraction of sp³-hybridized carbons (Fsp3) is 0.562. The van der Waals surface area contributed by atoms with Crippen molar-refractivity contribution in [3.8, 4) is 0 Å². The largest absolute Gasteiger partial charge is 0.416 e. The molecule has 0 saturated carbocycles. The van der Waals surface area contributed by atoms with Gasteiger partial charge in [0.05, 0.1) is 11.2 Å². The van der Waals surface area contributed by atoms with E-state index in [9.17, 15) is 13.2 Å². The summed E-state index contributed by atoms with van der Waals surface area (Å²) in [6.45, 7) is 3.86. The van der Waals surface area contributed by atoms with Gasteiger partial charge in [-0.15, -0.1) is 24.0 Å². The van der Waals surface area contributed by atoms with E-state index in [4.69, 9.17) is 4.74 Å². The Morgan fingerprint density at radius 1 is 1.25 bits per heavy atom. The number of guanidine groups is 1. The average molecular weight is 457 g/mol. The number of nitrogens with one attached hydrogen (secondary N) is 2. The van der Waals surface area contributed by atoms with Crippen molar-refractivity contribution in [2.75, 3.05) is 20.2 Å².